The van der Waals surface area contributed by atoms with Crippen LogP contribution in [-0.2, 0) is 0 Å². The Kier molecular flexibility index (Phi) is 7.25. The summed E-state index contributed by atoms with van der Waals surface area (Å²) >= 11 is 0. The van der Waals surface area contributed by atoms with Crippen LogP contribution in [-0.4, -0.2) is 12.1 Å². The maximum Gasteiger partial charge on any atom is 0.0121 e. The van der Waals surface area contributed by atoms with E-state index in [0.717, 1.165) is 0 Å². The molecule has 15 heavy (non-hydrogen) atoms. The normalized spacial score (nSPS) is 14.6. The van der Waals surface area contributed by atoms with E-state index in [-0.39, 0.29) is 0 Å². The van der Waals surface area contributed by atoms with Crippen LogP contribution in [0.4, 0.5) is 0 Å². The number of hydrogen-bond donors (Lipinski definition) is 1. The van der Waals surface area contributed by atoms with Crippen molar-refractivity contribution in [2.45, 2.75) is 85.7 Å². The smallest absolute Gasteiger partial charge is 0.0121 e. The molecule has 1 unspecified atom stereocenters. The van der Waals surface area contributed by atoms with Gasteiger partial charge >= 0.3 is 0 Å². The Balaban J connectivity index is 4.45. The van der Waals surface area contributed by atoms with Crippen molar-refractivity contribution in [1.29, 1.82) is 0 Å². The highest BCUT2D eigenvalue weighted by Crippen LogP contribution is 2.32. The van der Waals surface area contributed by atoms with E-state index < -0.39 is 0 Å². The van der Waals surface area contributed by atoms with Gasteiger partial charge in [0.05, 0.1) is 0 Å². The van der Waals surface area contributed by atoms with Crippen LogP contribution < -0.4 is 5.32 Å². The molecule has 1 nitrogen and oxygen atoms in total. The molecule has 0 heterocycles. The molecule has 0 aliphatic heterocycles. The van der Waals surface area contributed by atoms with E-state index in [2.05, 4.69) is 46.9 Å². The first kappa shape index (κ1) is 15.0. The molecule has 0 rings (SSSR count). The van der Waals surface area contributed by atoms with E-state index in [0.29, 0.717) is 17.5 Å². The molecule has 1 atom stereocenters. The Morgan fingerprint density at radius 1 is 0.867 bits per heavy atom. The Labute approximate surface area is 97.0 Å². The third kappa shape index (κ3) is 4.14. The van der Waals surface area contributed by atoms with Crippen LogP contribution in [0.2, 0.25) is 0 Å². The molecular formula is C14H31N. The fourth-order valence-electron chi connectivity index (χ4n) is 2.36. The molecule has 0 aromatic rings. The molecule has 0 radical (unpaired) electrons. The fraction of sp³-hybridized carbons (Fsp3) is 1.00. The Hall–Kier alpha value is -0.0400. The third-order valence-electron chi connectivity index (χ3n) is 4.29. The second-order valence-corrected chi connectivity index (χ2v) is 5.00. The summed E-state index contributed by atoms with van der Waals surface area (Å²) in [5.74, 6) is 0. The van der Waals surface area contributed by atoms with Crippen molar-refractivity contribution in [3.05, 3.63) is 0 Å². The minimum atomic E-state index is 0.470. The van der Waals surface area contributed by atoms with Crippen LogP contribution in [0.25, 0.3) is 0 Å². The lowest BCUT2D eigenvalue weighted by molar-refractivity contribution is 0.174. The van der Waals surface area contributed by atoms with Crippen LogP contribution in [0, 0.1) is 5.41 Å². The standard InChI is InChI=1S/C14H31N/c1-7-12(8-2)15-13(9-3)14(6,10-4)11-5/h12-13,15H,7-11H2,1-6H3. The summed E-state index contributed by atoms with van der Waals surface area (Å²) in [6.07, 6.45) is 6.28. The van der Waals surface area contributed by atoms with Gasteiger partial charge in [-0.05, 0) is 37.5 Å². The van der Waals surface area contributed by atoms with Gasteiger partial charge in [-0.15, -0.1) is 0 Å². The zero-order chi connectivity index (χ0) is 11.9. The lowest BCUT2D eigenvalue weighted by Crippen LogP contribution is -2.47. The predicted octanol–water partition coefficient (Wildman–Crippen LogP) is 4.37. The average molecular weight is 213 g/mol. The van der Waals surface area contributed by atoms with Gasteiger partial charge in [0, 0.05) is 12.1 Å². The summed E-state index contributed by atoms with van der Waals surface area (Å²) in [5, 5.41) is 3.85. The van der Waals surface area contributed by atoms with Gasteiger partial charge in [-0.3, -0.25) is 0 Å². The summed E-state index contributed by atoms with van der Waals surface area (Å²) in [6, 6.07) is 1.38. The van der Waals surface area contributed by atoms with E-state index in [9.17, 15) is 0 Å². The van der Waals surface area contributed by atoms with Crippen molar-refractivity contribution in [1.82, 2.24) is 5.32 Å². The van der Waals surface area contributed by atoms with Gasteiger partial charge in [0.2, 0.25) is 0 Å². The SMILES string of the molecule is CCC(CC)NC(CC)C(C)(CC)CC. The Morgan fingerprint density at radius 3 is 1.60 bits per heavy atom. The Morgan fingerprint density at radius 2 is 1.33 bits per heavy atom. The van der Waals surface area contributed by atoms with E-state index in [1.165, 1.54) is 32.1 Å². The molecule has 0 spiro atoms. The number of rotatable bonds is 8. The molecule has 0 aliphatic rings. The van der Waals surface area contributed by atoms with E-state index in [1.54, 1.807) is 0 Å². The van der Waals surface area contributed by atoms with Gasteiger partial charge in [0.15, 0.2) is 0 Å². The number of nitrogens with one attached hydrogen (secondary N) is 1. The van der Waals surface area contributed by atoms with Gasteiger partial charge in [0.25, 0.3) is 0 Å². The highest BCUT2D eigenvalue weighted by Gasteiger charge is 2.30. The third-order valence-corrected chi connectivity index (χ3v) is 4.29. The first-order chi connectivity index (χ1) is 7.07. The molecule has 0 amide bonds. The molecular weight excluding hydrogens is 182 g/mol. The molecule has 1 heteroatoms. The van der Waals surface area contributed by atoms with Crippen LogP contribution in [0.1, 0.15) is 73.6 Å². The lowest BCUT2D eigenvalue weighted by atomic mass is 9.76. The molecule has 0 aromatic carbocycles. The van der Waals surface area contributed by atoms with Gasteiger partial charge in [-0.25, -0.2) is 0 Å². The highest BCUT2D eigenvalue weighted by atomic mass is 15.0. The minimum absolute atomic E-state index is 0.470. The largest absolute Gasteiger partial charge is 0.311 e. The summed E-state index contributed by atoms with van der Waals surface area (Å²) in [4.78, 5) is 0. The van der Waals surface area contributed by atoms with Gasteiger partial charge in [-0.2, -0.15) is 0 Å². The van der Waals surface area contributed by atoms with Crippen LogP contribution in [0.3, 0.4) is 0 Å². The average Bonchev–Trinajstić information content (AvgIpc) is 2.30. The quantitative estimate of drug-likeness (QED) is 0.631. The molecule has 0 saturated heterocycles. The van der Waals surface area contributed by atoms with Gasteiger partial charge in [-0.1, -0.05) is 41.5 Å². The molecule has 0 saturated carbocycles. The van der Waals surface area contributed by atoms with Crippen molar-refractivity contribution in [3.63, 3.8) is 0 Å². The summed E-state index contributed by atoms with van der Waals surface area (Å²) in [7, 11) is 0. The van der Waals surface area contributed by atoms with Gasteiger partial charge in [0.1, 0.15) is 0 Å². The lowest BCUT2D eigenvalue weighted by Gasteiger charge is -2.38. The second-order valence-electron chi connectivity index (χ2n) is 5.00. The fourth-order valence-corrected chi connectivity index (χ4v) is 2.36. The molecule has 0 aliphatic carbocycles. The zero-order valence-electron chi connectivity index (χ0n) is 11.7. The molecule has 0 aromatic heterocycles. The van der Waals surface area contributed by atoms with Crippen LogP contribution >= 0.6 is 0 Å². The van der Waals surface area contributed by atoms with Crippen LogP contribution in [0.5, 0.6) is 0 Å². The van der Waals surface area contributed by atoms with Gasteiger partial charge < -0.3 is 5.32 Å². The molecule has 0 bridgehead atoms. The summed E-state index contributed by atoms with van der Waals surface area (Å²) < 4.78 is 0. The summed E-state index contributed by atoms with van der Waals surface area (Å²) in [6.45, 7) is 13.9. The van der Waals surface area contributed by atoms with E-state index >= 15 is 0 Å². The molecule has 0 fully saturated rings. The first-order valence-electron chi connectivity index (χ1n) is 6.83. The van der Waals surface area contributed by atoms with E-state index in [4.69, 9.17) is 0 Å². The minimum Gasteiger partial charge on any atom is -0.311 e. The first-order valence-corrected chi connectivity index (χ1v) is 6.83. The highest BCUT2D eigenvalue weighted by molar-refractivity contribution is 4.86. The summed E-state index contributed by atoms with van der Waals surface area (Å²) in [5.41, 5.74) is 0.470. The topological polar surface area (TPSA) is 12.0 Å². The van der Waals surface area contributed by atoms with Crippen molar-refractivity contribution in [2.24, 2.45) is 5.41 Å². The monoisotopic (exact) mass is 213 g/mol. The molecule has 92 valence electrons. The maximum atomic E-state index is 3.85. The number of hydrogen-bond acceptors (Lipinski definition) is 1. The molecule has 1 N–H and O–H groups in total. The zero-order valence-corrected chi connectivity index (χ0v) is 11.7. The van der Waals surface area contributed by atoms with Crippen molar-refractivity contribution in [3.8, 4) is 0 Å². The van der Waals surface area contributed by atoms with Crippen molar-refractivity contribution < 1.29 is 0 Å². The predicted molar refractivity (Wildman–Crippen MR) is 70.3 cm³/mol. The maximum absolute atomic E-state index is 3.85. The van der Waals surface area contributed by atoms with Crippen molar-refractivity contribution >= 4 is 0 Å². The van der Waals surface area contributed by atoms with Crippen molar-refractivity contribution in [2.75, 3.05) is 0 Å². The van der Waals surface area contributed by atoms with E-state index in [1.807, 2.05) is 0 Å². The Bertz CT molecular complexity index is 145. The van der Waals surface area contributed by atoms with Crippen LogP contribution in [0.15, 0.2) is 0 Å². The second kappa shape index (κ2) is 7.27.